The number of hydrogen-bond acceptors (Lipinski definition) is 1. The highest BCUT2D eigenvalue weighted by atomic mass is 16.2. The number of allylic oxidation sites excluding steroid dienone is 3. The third-order valence-electron chi connectivity index (χ3n) is 1.52. The number of carbonyl (C=O) groups excluding carboxylic acids is 1. The maximum absolute atomic E-state index is 10.1. The fourth-order valence-corrected chi connectivity index (χ4v) is 0.833. The molecule has 2 heteroatoms. The van der Waals surface area contributed by atoms with E-state index >= 15 is 0 Å². The first kappa shape index (κ1) is 15.6. The van der Waals surface area contributed by atoms with Crippen LogP contribution in [0.4, 0.5) is 0 Å². The Morgan fingerprint density at radius 2 is 1.64 bits per heavy atom. The normalized spacial score (nSPS) is 9.93. The molecule has 81 valence electrons. The van der Waals surface area contributed by atoms with E-state index in [1.54, 1.807) is 6.08 Å². The van der Waals surface area contributed by atoms with Gasteiger partial charge in [0.25, 0.3) is 0 Å². The van der Waals surface area contributed by atoms with Gasteiger partial charge in [0.15, 0.2) is 0 Å². The van der Waals surface area contributed by atoms with Crippen molar-refractivity contribution in [2.45, 2.75) is 40.5 Å². The Morgan fingerprint density at radius 1 is 1.14 bits per heavy atom. The fourth-order valence-electron chi connectivity index (χ4n) is 0.833. The lowest BCUT2D eigenvalue weighted by molar-refractivity contribution is -0.106. The monoisotopic (exact) mass is 197 g/mol. The summed E-state index contributed by atoms with van der Waals surface area (Å²) in [6, 6.07) is 0. The minimum atomic E-state index is -0.0827. The summed E-state index contributed by atoms with van der Waals surface area (Å²) in [6.45, 7) is 7.55. The molecule has 0 fully saturated rings. The zero-order valence-corrected chi connectivity index (χ0v) is 9.67. The van der Waals surface area contributed by atoms with Gasteiger partial charge in [-0.2, -0.15) is 0 Å². The first-order chi connectivity index (χ1) is 6.58. The van der Waals surface area contributed by atoms with Crippen LogP contribution >= 0.6 is 0 Å². The van der Waals surface area contributed by atoms with Crippen molar-refractivity contribution in [3.8, 4) is 0 Å². The number of aldehydes is 1. The minimum Gasteiger partial charge on any atom is -0.304 e. The molecule has 2 nitrogen and oxygen atoms in total. The molecule has 0 amide bonds. The van der Waals surface area contributed by atoms with Crippen molar-refractivity contribution in [3.63, 3.8) is 0 Å². The van der Waals surface area contributed by atoms with Crippen LogP contribution in [0.1, 0.15) is 40.5 Å². The molecule has 1 radical (unpaired) electrons. The minimum absolute atomic E-state index is 0.0827. The molecule has 0 N–H and O–H groups in total. The van der Waals surface area contributed by atoms with Gasteiger partial charge in [0, 0.05) is 0 Å². The highest BCUT2D eigenvalue weighted by Crippen LogP contribution is 2.05. The molecule has 0 saturated carbocycles. The predicted octanol–water partition coefficient (Wildman–Crippen LogP) is 3.31. The molecule has 0 aliphatic heterocycles. The van der Waals surface area contributed by atoms with E-state index in [4.69, 9.17) is 4.79 Å². The van der Waals surface area contributed by atoms with Crippen LogP contribution in [0.15, 0.2) is 23.3 Å². The second-order valence-electron chi connectivity index (χ2n) is 3.27. The number of carbonyl (C=O) groups is 1. The second kappa shape index (κ2) is 12.1. The molecule has 0 spiro atoms. The third-order valence-corrected chi connectivity index (χ3v) is 1.52. The van der Waals surface area contributed by atoms with Crippen LogP contribution in [0.5, 0.6) is 0 Å². The zero-order chi connectivity index (χ0) is 11.4. The van der Waals surface area contributed by atoms with Crippen LogP contribution in [0, 0.1) is 0 Å². The molecule has 0 heterocycles. The average molecular weight is 197 g/mol. The Balaban J connectivity index is 0. The van der Waals surface area contributed by atoms with Gasteiger partial charge in [0.1, 0.15) is 12.9 Å². The molecule has 14 heavy (non-hydrogen) atoms. The Hall–Kier alpha value is -0.890. The van der Waals surface area contributed by atoms with Gasteiger partial charge in [-0.05, 0) is 40.5 Å². The standard InChI is InChI=1S/C10H17O.C2H4O/c1-9(2)5-4-6-10(3)7-8-11;1-2-3/h5,7H,4,6,8H2,1-3H3;2H,1H3/b10-7+;. The van der Waals surface area contributed by atoms with Crippen molar-refractivity contribution in [1.82, 2.24) is 0 Å². The SMILES string of the molecule is CC(C)=CCC/C(C)=C/C[O].CC=O. The van der Waals surface area contributed by atoms with Crippen molar-refractivity contribution in [3.05, 3.63) is 23.3 Å². The Kier molecular flexibility index (Phi) is 13.5. The Bertz CT molecular complexity index is 186. The summed E-state index contributed by atoms with van der Waals surface area (Å²) in [6.07, 6.45) is 6.78. The van der Waals surface area contributed by atoms with Crippen LogP contribution in [-0.4, -0.2) is 12.9 Å². The van der Waals surface area contributed by atoms with E-state index in [2.05, 4.69) is 19.9 Å². The van der Waals surface area contributed by atoms with Crippen molar-refractivity contribution >= 4 is 6.29 Å². The number of hydrogen-bond donors (Lipinski definition) is 0. The molecule has 0 aromatic heterocycles. The first-order valence-electron chi connectivity index (χ1n) is 4.85. The molecular formula is C12H21O2. The largest absolute Gasteiger partial charge is 0.304 e. The van der Waals surface area contributed by atoms with Gasteiger partial charge < -0.3 is 4.79 Å². The summed E-state index contributed by atoms with van der Waals surface area (Å²) in [5.41, 5.74) is 2.55. The van der Waals surface area contributed by atoms with E-state index in [1.807, 2.05) is 6.92 Å². The van der Waals surface area contributed by atoms with Crippen molar-refractivity contribution in [2.24, 2.45) is 0 Å². The highest BCUT2D eigenvalue weighted by Gasteiger charge is 1.87. The van der Waals surface area contributed by atoms with Crippen LogP contribution in [-0.2, 0) is 9.90 Å². The molecule has 0 bridgehead atoms. The lowest BCUT2D eigenvalue weighted by Gasteiger charge is -1.96. The molecule has 0 saturated heterocycles. The summed E-state index contributed by atoms with van der Waals surface area (Å²) in [5, 5.41) is 10.1. The lowest BCUT2D eigenvalue weighted by atomic mass is 10.1. The first-order valence-corrected chi connectivity index (χ1v) is 4.85. The van der Waals surface area contributed by atoms with Crippen LogP contribution in [0.25, 0.3) is 0 Å². The molecule has 0 unspecified atom stereocenters. The van der Waals surface area contributed by atoms with Gasteiger partial charge in [-0.3, -0.25) is 0 Å². The zero-order valence-electron chi connectivity index (χ0n) is 9.67. The van der Waals surface area contributed by atoms with Gasteiger partial charge >= 0.3 is 0 Å². The van der Waals surface area contributed by atoms with Crippen LogP contribution in [0.3, 0.4) is 0 Å². The summed E-state index contributed by atoms with van der Waals surface area (Å²) in [7, 11) is 0. The topological polar surface area (TPSA) is 37.0 Å². The fraction of sp³-hybridized carbons (Fsp3) is 0.583. The number of rotatable bonds is 4. The summed E-state index contributed by atoms with van der Waals surface area (Å²) >= 11 is 0. The van der Waals surface area contributed by atoms with Gasteiger partial charge in [0.05, 0.1) is 0 Å². The van der Waals surface area contributed by atoms with Gasteiger partial charge in [0.2, 0.25) is 0 Å². The molecule has 0 rings (SSSR count). The molecule has 0 aromatic rings. The summed E-state index contributed by atoms with van der Waals surface area (Å²) in [4.78, 5) is 8.81. The second-order valence-corrected chi connectivity index (χ2v) is 3.27. The third kappa shape index (κ3) is 17.3. The van der Waals surface area contributed by atoms with Gasteiger partial charge in [-0.25, -0.2) is 5.11 Å². The maximum atomic E-state index is 10.1. The van der Waals surface area contributed by atoms with Crippen LogP contribution < -0.4 is 0 Å². The molecule has 0 aliphatic carbocycles. The lowest BCUT2D eigenvalue weighted by Crippen LogP contribution is -1.79. The van der Waals surface area contributed by atoms with Crippen molar-refractivity contribution in [2.75, 3.05) is 6.61 Å². The van der Waals surface area contributed by atoms with E-state index < -0.39 is 0 Å². The average Bonchev–Trinajstić information content (AvgIpc) is 2.05. The summed E-state index contributed by atoms with van der Waals surface area (Å²) in [5.74, 6) is 0. The van der Waals surface area contributed by atoms with E-state index in [0.29, 0.717) is 0 Å². The van der Waals surface area contributed by atoms with E-state index in [9.17, 15) is 5.11 Å². The Morgan fingerprint density at radius 3 is 2.00 bits per heavy atom. The van der Waals surface area contributed by atoms with Crippen molar-refractivity contribution in [1.29, 1.82) is 0 Å². The molecule has 0 aromatic carbocycles. The van der Waals surface area contributed by atoms with Gasteiger partial charge in [-0.15, -0.1) is 0 Å². The highest BCUT2D eigenvalue weighted by molar-refractivity contribution is 5.44. The van der Waals surface area contributed by atoms with Crippen molar-refractivity contribution < 1.29 is 9.90 Å². The quantitative estimate of drug-likeness (QED) is 0.503. The van der Waals surface area contributed by atoms with E-state index in [0.717, 1.165) is 19.1 Å². The van der Waals surface area contributed by atoms with Gasteiger partial charge in [-0.1, -0.05) is 23.3 Å². The Labute approximate surface area is 87.3 Å². The summed E-state index contributed by atoms with van der Waals surface area (Å²) < 4.78 is 0. The smallest absolute Gasteiger partial charge is 0.116 e. The van der Waals surface area contributed by atoms with E-state index in [-0.39, 0.29) is 6.61 Å². The van der Waals surface area contributed by atoms with Crippen LogP contribution in [0.2, 0.25) is 0 Å². The molecule has 0 atom stereocenters. The maximum Gasteiger partial charge on any atom is 0.116 e. The van der Waals surface area contributed by atoms with E-state index in [1.165, 1.54) is 18.1 Å². The predicted molar refractivity (Wildman–Crippen MR) is 59.7 cm³/mol. The molecule has 0 aliphatic rings. The molecular weight excluding hydrogens is 176 g/mol.